The Morgan fingerprint density at radius 1 is 1.60 bits per heavy atom. The van der Waals surface area contributed by atoms with Crippen molar-refractivity contribution in [2.75, 3.05) is 0 Å². The highest BCUT2D eigenvalue weighted by Gasteiger charge is 2.13. The van der Waals surface area contributed by atoms with Crippen molar-refractivity contribution in [3.63, 3.8) is 0 Å². The molecule has 78 valence electrons. The smallest absolute Gasteiger partial charge is 0.258 e. The highest BCUT2D eigenvalue weighted by Crippen LogP contribution is 2.19. The molecule has 0 amide bonds. The average Bonchev–Trinajstić information content (AvgIpc) is 2.18. The Hall–Kier alpha value is -2.07. The summed E-state index contributed by atoms with van der Waals surface area (Å²) in [5.74, 6) is 0. The largest absolute Gasteiger partial charge is 0.272 e. The van der Waals surface area contributed by atoms with E-state index in [9.17, 15) is 10.1 Å². The zero-order chi connectivity index (χ0) is 11.3. The summed E-state index contributed by atoms with van der Waals surface area (Å²) < 4.78 is 0. The first kappa shape index (κ1) is 11.0. The van der Waals surface area contributed by atoms with Gasteiger partial charge in [-0.15, -0.1) is 0 Å². The van der Waals surface area contributed by atoms with Gasteiger partial charge in [-0.1, -0.05) is 30.2 Å². The van der Waals surface area contributed by atoms with E-state index in [2.05, 4.69) is 10.0 Å². The number of azide groups is 1. The minimum absolute atomic E-state index is 0.0671. The van der Waals surface area contributed by atoms with Crippen molar-refractivity contribution >= 4 is 5.69 Å². The third kappa shape index (κ3) is 2.96. The lowest BCUT2D eigenvalue weighted by Crippen LogP contribution is -2.04. The molecule has 6 heteroatoms. The van der Waals surface area contributed by atoms with Crippen LogP contribution in [0.4, 0.5) is 5.69 Å². The Morgan fingerprint density at radius 3 is 2.87 bits per heavy atom. The molecule has 0 saturated heterocycles. The Bertz CT molecular complexity index is 412. The maximum absolute atomic E-state index is 10.7. The molecule has 1 unspecified atom stereocenters. The molecule has 1 rings (SSSR count). The number of hydrogen-bond acceptors (Lipinski definition) is 3. The summed E-state index contributed by atoms with van der Waals surface area (Å²) in [6, 6.07) is 6.17. The molecule has 0 aliphatic heterocycles. The summed E-state index contributed by atoms with van der Waals surface area (Å²) in [4.78, 5) is 12.9. The number of rotatable bonds is 4. The molecular formula is C9H10N4O2. The number of nitro benzene ring substituents is 1. The topological polar surface area (TPSA) is 91.9 Å². The molecule has 1 atom stereocenters. The maximum Gasteiger partial charge on any atom is 0.272 e. The summed E-state index contributed by atoms with van der Waals surface area (Å²) in [5, 5.41) is 14.1. The summed E-state index contributed by atoms with van der Waals surface area (Å²) in [6.45, 7) is 1.72. The van der Waals surface area contributed by atoms with Crippen molar-refractivity contribution in [1.29, 1.82) is 0 Å². The highest BCUT2D eigenvalue weighted by molar-refractivity contribution is 5.40. The fraction of sp³-hybridized carbons (Fsp3) is 0.333. The van der Waals surface area contributed by atoms with Crippen molar-refractivity contribution in [2.24, 2.45) is 5.11 Å². The number of nitrogens with zero attached hydrogens (tertiary/aromatic N) is 4. The Kier molecular flexibility index (Phi) is 3.65. The molecule has 6 nitrogen and oxygen atoms in total. The van der Waals surface area contributed by atoms with Gasteiger partial charge in [0, 0.05) is 22.6 Å². The van der Waals surface area contributed by atoms with Gasteiger partial charge in [0.2, 0.25) is 0 Å². The lowest BCUT2D eigenvalue weighted by atomic mass is 10.1. The van der Waals surface area contributed by atoms with Gasteiger partial charge in [-0.05, 0) is 12.0 Å². The zero-order valence-electron chi connectivity index (χ0n) is 8.20. The second-order valence-electron chi connectivity index (χ2n) is 3.14. The van der Waals surface area contributed by atoms with Crippen molar-refractivity contribution in [3.05, 3.63) is 50.4 Å². The highest BCUT2D eigenvalue weighted by atomic mass is 16.6. The van der Waals surface area contributed by atoms with Crippen LogP contribution in [0.5, 0.6) is 0 Å². The fourth-order valence-corrected chi connectivity index (χ4v) is 1.31. The summed E-state index contributed by atoms with van der Waals surface area (Å²) in [5.41, 5.74) is 8.87. The van der Waals surface area contributed by atoms with Crippen LogP contribution in [-0.2, 0) is 6.42 Å². The zero-order valence-corrected chi connectivity index (χ0v) is 8.20. The van der Waals surface area contributed by atoms with E-state index >= 15 is 0 Å². The monoisotopic (exact) mass is 206 g/mol. The quantitative estimate of drug-likeness (QED) is 0.249. The Morgan fingerprint density at radius 2 is 2.27 bits per heavy atom. The van der Waals surface area contributed by atoms with Crippen LogP contribution >= 0.6 is 0 Å². The maximum atomic E-state index is 10.7. The molecule has 1 aromatic carbocycles. The normalized spacial score (nSPS) is 11.5. The molecule has 0 aromatic heterocycles. The van der Waals surface area contributed by atoms with E-state index in [1.54, 1.807) is 25.1 Å². The van der Waals surface area contributed by atoms with Crippen molar-refractivity contribution < 1.29 is 4.92 Å². The molecule has 0 saturated carbocycles. The van der Waals surface area contributed by atoms with Gasteiger partial charge >= 0.3 is 0 Å². The van der Waals surface area contributed by atoms with Crippen LogP contribution in [0.2, 0.25) is 0 Å². The number of nitro groups is 1. The van der Waals surface area contributed by atoms with Gasteiger partial charge in [-0.25, -0.2) is 0 Å². The van der Waals surface area contributed by atoms with Gasteiger partial charge in [0.05, 0.1) is 4.92 Å². The van der Waals surface area contributed by atoms with Crippen LogP contribution in [0.25, 0.3) is 10.4 Å². The predicted octanol–water partition coefficient (Wildman–Crippen LogP) is 2.84. The molecule has 15 heavy (non-hydrogen) atoms. The van der Waals surface area contributed by atoms with Crippen molar-refractivity contribution in [3.8, 4) is 0 Å². The first-order valence-corrected chi connectivity index (χ1v) is 4.41. The average molecular weight is 206 g/mol. The molecule has 0 N–H and O–H groups in total. The number of hydrogen-bond donors (Lipinski definition) is 0. The van der Waals surface area contributed by atoms with Gasteiger partial charge in [0.25, 0.3) is 5.69 Å². The van der Waals surface area contributed by atoms with Gasteiger partial charge in [0.1, 0.15) is 0 Å². The second-order valence-corrected chi connectivity index (χ2v) is 3.14. The molecule has 0 spiro atoms. The summed E-state index contributed by atoms with van der Waals surface area (Å²) in [7, 11) is 0. The Labute approximate surface area is 86.3 Å². The first-order chi connectivity index (χ1) is 7.15. The molecule has 0 radical (unpaired) electrons. The van der Waals surface area contributed by atoms with E-state index in [0.29, 0.717) is 12.0 Å². The third-order valence-corrected chi connectivity index (χ3v) is 1.95. The molecule has 0 aliphatic carbocycles. The van der Waals surface area contributed by atoms with Crippen molar-refractivity contribution in [1.82, 2.24) is 0 Å². The summed E-state index contributed by atoms with van der Waals surface area (Å²) in [6.07, 6.45) is 0.376. The van der Waals surface area contributed by atoms with Gasteiger partial charge in [-0.3, -0.25) is 10.1 Å². The third-order valence-electron chi connectivity index (χ3n) is 1.95. The predicted molar refractivity (Wildman–Crippen MR) is 55.4 cm³/mol. The second kappa shape index (κ2) is 4.97. The molecule has 0 bridgehead atoms. The molecule has 0 aliphatic rings. The van der Waals surface area contributed by atoms with Crippen LogP contribution < -0.4 is 0 Å². The minimum atomic E-state index is -0.432. The first-order valence-electron chi connectivity index (χ1n) is 4.41. The van der Waals surface area contributed by atoms with Crippen molar-refractivity contribution in [2.45, 2.75) is 19.4 Å². The number of benzene rings is 1. The van der Waals surface area contributed by atoms with Gasteiger partial charge < -0.3 is 0 Å². The lowest BCUT2D eigenvalue weighted by Gasteiger charge is -2.04. The molecule has 0 fully saturated rings. The van der Waals surface area contributed by atoms with Crippen LogP contribution in [0.1, 0.15) is 12.5 Å². The van der Waals surface area contributed by atoms with E-state index in [1.165, 1.54) is 6.07 Å². The van der Waals surface area contributed by atoms with E-state index in [4.69, 9.17) is 5.53 Å². The fourth-order valence-electron chi connectivity index (χ4n) is 1.31. The van der Waals surface area contributed by atoms with Gasteiger partial charge in [-0.2, -0.15) is 0 Å². The van der Waals surface area contributed by atoms with E-state index in [0.717, 1.165) is 0 Å². The van der Waals surface area contributed by atoms with E-state index < -0.39 is 4.92 Å². The van der Waals surface area contributed by atoms with Crippen LogP contribution in [0.3, 0.4) is 0 Å². The van der Waals surface area contributed by atoms with E-state index in [-0.39, 0.29) is 11.7 Å². The van der Waals surface area contributed by atoms with Crippen LogP contribution in [0.15, 0.2) is 29.4 Å². The van der Waals surface area contributed by atoms with Crippen LogP contribution in [-0.4, -0.2) is 11.0 Å². The lowest BCUT2D eigenvalue weighted by molar-refractivity contribution is -0.385. The standard InChI is InChI=1S/C9H10N4O2/c1-7(11-12-10)6-8-4-2-3-5-9(8)13(14)15/h2-5,7H,6H2,1H3. The number of para-hydroxylation sites is 1. The van der Waals surface area contributed by atoms with Gasteiger partial charge in [0.15, 0.2) is 0 Å². The Balaban J connectivity index is 2.93. The molecule has 1 aromatic rings. The van der Waals surface area contributed by atoms with Crippen LogP contribution in [0, 0.1) is 10.1 Å². The molecule has 0 heterocycles. The SMILES string of the molecule is CC(Cc1ccccc1[N+](=O)[O-])N=[N+]=[N-]. The summed E-state index contributed by atoms with van der Waals surface area (Å²) >= 11 is 0. The van der Waals surface area contributed by atoms with E-state index in [1.807, 2.05) is 0 Å². The minimum Gasteiger partial charge on any atom is -0.258 e. The molecular weight excluding hydrogens is 196 g/mol.